The van der Waals surface area contributed by atoms with Crippen LogP contribution in [0.1, 0.15) is 67.2 Å². The van der Waals surface area contributed by atoms with Crippen LogP contribution in [0.2, 0.25) is 0 Å². The highest BCUT2D eigenvalue weighted by Crippen LogP contribution is 2.51. The van der Waals surface area contributed by atoms with Gasteiger partial charge in [0.25, 0.3) is 11.8 Å². The van der Waals surface area contributed by atoms with Gasteiger partial charge in [0.05, 0.1) is 6.61 Å². The van der Waals surface area contributed by atoms with Crippen LogP contribution in [0, 0.1) is 0 Å². The van der Waals surface area contributed by atoms with Gasteiger partial charge in [0.1, 0.15) is 5.76 Å². The van der Waals surface area contributed by atoms with Gasteiger partial charge in [-0.25, -0.2) is 8.78 Å². The number of amides is 1. The summed E-state index contributed by atoms with van der Waals surface area (Å²) in [4.78, 5) is 20.2. The van der Waals surface area contributed by atoms with E-state index in [1.54, 1.807) is 25.3 Å². The molecule has 3 heterocycles. The van der Waals surface area contributed by atoms with Crippen LogP contribution in [-0.4, -0.2) is 70.9 Å². The van der Waals surface area contributed by atoms with E-state index in [2.05, 4.69) is 10.1 Å². The molecule has 1 saturated heterocycles. The number of benzene rings is 1. The summed E-state index contributed by atoms with van der Waals surface area (Å²) in [5, 5.41) is 13.1. The maximum absolute atomic E-state index is 15.6. The van der Waals surface area contributed by atoms with Gasteiger partial charge in [-0.3, -0.25) is 4.79 Å². The largest absolute Gasteiger partial charge is 0.481 e. The average molecular weight is 541 g/mol. The molecule has 0 bridgehead atoms. The molecule has 39 heavy (non-hydrogen) atoms. The Bertz CT molecular complexity index is 1300. The Morgan fingerprint density at radius 2 is 1.90 bits per heavy atom. The van der Waals surface area contributed by atoms with E-state index in [1.165, 1.54) is 4.90 Å². The van der Waals surface area contributed by atoms with Crippen molar-refractivity contribution in [2.24, 2.45) is 0 Å². The lowest BCUT2D eigenvalue weighted by Crippen LogP contribution is -2.58. The normalized spacial score (nSPS) is 20.0. The van der Waals surface area contributed by atoms with Crippen molar-refractivity contribution in [3.63, 3.8) is 0 Å². The molecular weight excluding hydrogens is 506 g/mol. The molecule has 10 heteroatoms. The number of likely N-dealkylation sites (N-methyl/N-ethyl adjacent to an activating group) is 1. The fraction of sp³-hybridized carbons (Fsp3) is 0.483. The van der Waals surface area contributed by atoms with E-state index in [0.29, 0.717) is 48.2 Å². The predicted octanol–water partition coefficient (Wildman–Crippen LogP) is 4.95. The number of allylic oxidation sites excluding steroid dienone is 5. The second-order valence-corrected chi connectivity index (χ2v) is 10.7. The summed E-state index contributed by atoms with van der Waals surface area (Å²) in [6, 6.07) is 7.52. The van der Waals surface area contributed by atoms with Crippen molar-refractivity contribution in [3.05, 3.63) is 70.8 Å². The van der Waals surface area contributed by atoms with Crippen LogP contribution in [0.15, 0.2) is 58.3 Å². The lowest BCUT2D eigenvalue weighted by Gasteiger charge is -2.48. The number of aliphatic hydroxyl groups excluding tert-OH is 1. The highest BCUT2D eigenvalue weighted by molar-refractivity contribution is 5.94. The van der Waals surface area contributed by atoms with Gasteiger partial charge in [0, 0.05) is 57.4 Å². The molecule has 1 aromatic carbocycles. The zero-order valence-corrected chi connectivity index (χ0v) is 22.5. The molecular formula is C29H34F2N4O4. The standard InChI is InChI=1S/C29H34F2N4O4/c1-19(2)25-32-27(39-33-25)35-14-12-28(13-15-35)29(30,31)18-23-9-6-21(10-11-24(23)38-28)20-4-7-22(8-5-20)26(37)34(3)16-17-36/h4-8,10-11,19,36H,9,12-18H2,1-3H3. The van der Waals surface area contributed by atoms with Gasteiger partial charge < -0.3 is 24.2 Å². The van der Waals surface area contributed by atoms with Gasteiger partial charge >= 0.3 is 6.01 Å². The molecule has 0 unspecified atom stereocenters. The Kier molecular flexibility index (Phi) is 7.33. The summed E-state index contributed by atoms with van der Waals surface area (Å²) in [6.45, 7) is 4.77. The van der Waals surface area contributed by atoms with E-state index in [1.807, 2.05) is 43.0 Å². The van der Waals surface area contributed by atoms with E-state index >= 15 is 8.78 Å². The maximum Gasteiger partial charge on any atom is 0.324 e. The molecule has 0 radical (unpaired) electrons. The first-order valence-electron chi connectivity index (χ1n) is 13.3. The summed E-state index contributed by atoms with van der Waals surface area (Å²) in [7, 11) is 1.64. The second kappa shape index (κ2) is 10.6. The number of alkyl halides is 2. The van der Waals surface area contributed by atoms with Crippen LogP contribution < -0.4 is 4.90 Å². The minimum absolute atomic E-state index is 0.103. The minimum atomic E-state index is -3.01. The molecule has 1 aromatic heterocycles. The van der Waals surface area contributed by atoms with Crippen LogP contribution in [-0.2, 0) is 4.74 Å². The molecule has 0 atom stereocenters. The van der Waals surface area contributed by atoms with Crippen molar-refractivity contribution in [1.82, 2.24) is 15.0 Å². The minimum Gasteiger partial charge on any atom is -0.481 e. The van der Waals surface area contributed by atoms with Crippen LogP contribution in [0.4, 0.5) is 14.8 Å². The SMILES string of the molecule is CC(C)c1noc(N2CCC3(CC2)OC2=C(CC=C(c4ccc(C(=O)N(C)CCO)cc4)C=C2)CC3(F)F)n1. The molecule has 0 saturated carbocycles. The van der Waals surface area contributed by atoms with E-state index in [0.717, 1.165) is 11.1 Å². The molecule has 8 nitrogen and oxygen atoms in total. The van der Waals surface area contributed by atoms with E-state index in [4.69, 9.17) is 14.4 Å². The maximum atomic E-state index is 15.6. The fourth-order valence-electron chi connectivity index (χ4n) is 5.27. The summed E-state index contributed by atoms with van der Waals surface area (Å²) >= 11 is 0. The predicted molar refractivity (Wildman–Crippen MR) is 142 cm³/mol. The fourth-order valence-corrected chi connectivity index (χ4v) is 5.27. The summed E-state index contributed by atoms with van der Waals surface area (Å²) < 4.78 is 42.8. The van der Waals surface area contributed by atoms with Gasteiger partial charge in [-0.2, -0.15) is 4.98 Å². The summed E-state index contributed by atoms with van der Waals surface area (Å²) in [6.07, 6.45) is 5.90. The highest BCUT2D eigenvalue weighted by atomic mass is 19.3. The number of nitrogens with zero attached hydrogens (tertiary/aromatic N) is 4. The second-order valence-electron chi connectivity index (χ2n) is 10.7. The number of rotatable bonds is 6. The molecule has 1 amide bonds. The number of halogens is 2. The van der Waals surface area contributed by atoms with Gasteiger partial charge in [0.2, 0.25) is 0 Å². The lowest BCUT2D eigenvalue weighted by molar-refractivity contribution is -0.209. The molecule has 2 aromatic rings. The van der Waals surface area contributed by atoms with E-state index < -0.39 is 11.5 Å². The molecule has 1 spiro atoms. The number of aliphatic hydroxyl groups is 1. The Morgan fingerprint density at radius 3 is 2.54 bits per heavy atom. The van der Waals surface area contributed by atoms with Gasteiger partial charge in [-0.15, -0.1) is 0 Å². The first kappa shape index (κ1) is 27.1. The number of piperidine rings is 1. The molecule has 1 aliphatic carbocycles. The monoisotopic (exact) mass is 540 g/mol. The molecule has 1 fully saturated rings. The van der Waals surface area contributed by atoms with E-state index in [9.17, 15) is 4.79 Å². The molecule has 208 valence electrons. The van der Waals surface area contributed by atoms with Crippen LogP contribution in [0.3, 0.4) is 0 Å². The number of hydrogen-bond acceptors (Lipinski definition) is 7. The summed E-state index contributed by atoms with van der Waals surface area (Å²) in [5.74, 6) is -1.96. The van der Waals surface area contributed by atoms with Crippen molar-refractivity contribution in [2.75, 3.05) is 38.2 Å². The highest BCUT2D eigenvalue weighted by Gasteiger charge is 2.59. The van der Waals surface area contributed by atoms with Gasteiger partial charge in [-0.05, 0) is 41.3 Å². The number of carbonyl (C=O) groups is 1. The lowest BCUT2D eigenvalue weighted by atomic mass is 9.79. The Hall–Kier alpha value is -3.53. The van der Waals surface area contributed by atoms with Crippen molar-refractivity contribution < 1.29 is 27.9 Å². The average Bonchev–Trinajstić information content (AvgIpc) is 3.34. The molecule has 5 rings (SSSR count). The van der Waals surface area contributed by atoms with Crippen LogP contribution >= 0.6 is 0 Å². The zero-order valence-electron chi connectivity index (χ0n) is 22.5. The van der Waals surface area contributed by atoms with Crippen LogP contribution in [0.25, 0.3) is 5.57 Å². The Labute approximate surface area is 226 Å². The zero-order chi connectivity index (χ0) is 27.8. The third kappa shape index (κ3) is 5.22. The van der Waals surface area contributed by atoms with Gasteiger partial charge in [0.15, 0.2) is 11.4 Å². The van der Waals surface area contributed by atoms with Crippen molar-refractivity contribution in [1.29, 1.82) is 0 Å². The summed E-state index contributed by atoms with van der Waals surface area (Å²) in [5.41, 5.74) is 1.27. The smallest absolute Gasteiger partial charge is 0.324 e. The topological polar surface area (TPSA) is 91.9 Å². The van der Waals surface area contributed by atoms with Crippen molar-refractivity contribution >= 4 is 17.5 Å². The first-order valence-corrected chi connectivity index (χ1v) is 13.3. The molecule has 1 N–H and O–H groups in total. The van der Waals surface area contributed by atoms with Gasteiger partial charge in [-0.1, -0.05) is 43.3 Å². The van der Waals surface area contributed by atoms with Crippen molar-refractivity contribution in [2.45, 2.75) is 57.0 Å². The Morgan fingerprint density at radius 1 is 1.18 bits per heavy atom. The molecule has 3 aliphatic rings. The van der Waals surface area contributed by atoms with E-state index in [-0.39, 0.29) is 44.2 Å². The third-order valence-corrected chi connectivity index (χ3v) is 7.77. The van der Waals surface area contributed by atoms with Crippen LogP contribution in [0.5, 0.6) is 0 Å². The number of carbonyl (C=O) groups excluding carboxylic acids is 1. The quantitative estimate of drug-likeness (QED) is 0.554. The number of hydrogen-bond donors (Lipinski definition) is 1. The third-order valence-electron chi connectivity index (χ3n) is 7.77. The number of ether oxygens (including phenoxy) is 1. The first-order chi connectivity index (χ1) is 18.6. The van der Waals surface area contributed by atoms with Crippen molar-refractivity contribution in [3.8, 4) is 0 Å². The number of aromatic nitrogens is 2. The number of anilines is 1. The molecule has 2 aliphatic heterocycles. The Balaban J connectivity index is 1.28.